The van der Waals surface area contributed by atoms with Crippen LogP contribution in [0.2, 0.25) is 0 Å². The molecule has 0 bridgehead atoms. The van der Waals surface area contributed by atoms with Gasteiger partial charge in [-0.05, 0) is 101 Å². The van der Waals surface area contributed by atoms with Crippen LogP contribution in [0.5, 0.6) is 0 Å². The van der Waals surface area contributed by atoms with Crippen molar-refractivity contribution in [1.29, 1.82) is 0 Å². The number of hydrogen-bond donors (Lipinski definition) is 3. The molecule has 3 fully saturated rings. The van der Waals surface area contributed by atoms with Gasteiger partial charge in [-0.1, -0.05) is 13.8 Å². The molecule has 0 radical (unpaired) electrons. The maximum absolute atomic E-state index is 12.8. The van der Waals surface area contributed by atoms with E-state index in [1.54, 1.807) is 6.26 Å². The molecule has 6 heteroatoms. The number of likely N-dealkylation sites (tertiary alicyclic amines) is 1. The summed E-state index contributed by atoms with van der Waals surface area (Å²) in [6.45, 7) is 9.49. The fourth-order valence-electron chi connectivity index (χ4n) is 6.96. The molecule has 1 amide bonds. The van der Waals surface area contributed by atoms with Crippen LogP contribution in [0.3, 0.4) is 0 Å². The molecule has 4 unspecified atom stereocenters. The fourth-order valence-corrected chi connectivity index (χ4v) is 6.96. The number of hydrogen-bond acceptors (Lipinski definition) is 5. The van der Waals surface area contributed by atoms with Gasteiger partial charge in [0.15, 0.2) is 0 Å². The van der Waals surface area contributed by atoms with E-state index in [1.807, 2.05) is 19.1 Å². The number of rotatable bonds is 7. The standard InChI is InChI=1S/C26H43N3O3/c1-24(2)17-22(28-19-8-13-29(4)14-9-19)26(12-11-25(3,31)16-21(24)26)10-7-23(30)27-18-20-6-5-15-32-20/h5-6,15,19,21-22,28,31H,7-14,16-18H2,1-4H3,(H,27,30). The summed E-state index contributed by atoms with van der Waals surface area (Å²) in [5.41, 5.74) is -0.384. The molecular formula is C26H43N3O3. The van der Waals surface area contributed by atoms with E-state index in [0.29, 0.717) is 31.0 Å². The predicted octanol–water partition coefficient (Wildman–Crippen LogP) is 3.70. The Morgan fingerprint density at radius 3 is 2.66 bits per heavy atom. The summed E-state index contributed by atoms with van der Waals surface area (Å²) in [4.78, 5) is 15.2. The third kappa shape index (κ3) is 5.07. The van der Waals surface area contributed by atoms with Gasteiger partial charge in [-0.3, -0.25) is 4.79 Å². The minimum Gasteiger partial charge on any atom is -0.467 e. The van der Waals surface area contributed by atoms with Crippen LogP contribution in [0.1, 0.15) is 77.9 Å². The molecule has 1 aromatic heterocycles. The predicted molar refractivity (Wildman–Crippen MR) is 126 cm³/mol. The van der Waals surface area contributed by atoms with Crippen LogP contribution >= 0.6 is 0 Å². The molecule has 180 valence electrons. The molecule has 3 N–H and O–H groups in total. The minimum atomic E-state index is -0.602. The van der Waals surface area contributed by atoms with E-state index >= 15 is 0 Å². The fraction of sp³-hybridized carbons (Fsp3) is 0.808. The Balaban J connectivity index is 1.48. The summed E-state index contributed by atoms with van der Waals surface area (Å²) >= 11 is 0. The molecule has 4 atom stereocenters. The molecule has 1 saturated heterocycles. The number of carbonyl (C=O) groups is 1. The number of aliphatic hydroxyl groups is 1. The molecule has 2 aliphatic carbocycles. The molecule has 2 saturated carbocycles. The van der Waals surface area contributed by atoms with Gasteiger partial charge in [0, 0.05) is 18.5 Å². The van der Waals surface area contributed by atoms with E-state index in [-0.39, 0.29) is 16.7 Å². The van der Waals surface area contributed by atoms with Crippen molar-refractivity contribution in [1.82, 2.24) is 15.5 Å². The van der Waals surface area contributed by atoms with Crippen LogP contribution < -0.4 is 10.6 Å². The molecule has 1 aromatic rings. The van der Waals surface area contributed by atoms with Gasteiger partial charge in [0.1, 0.15) is 5.76 Å². The first-order chi connectivity index (χ1) is 15.1. The van der Waals surface area contributed by atoms with Crippen LogP contribution in [0.4, 0.5) is 0 Å². The van der Waals surface area contributed by atoms with Gasteiger partial charge in [0.05, 0.1) is 18.4 Å². The van der Waals surface area contributed by atoms with Crippen LogP contribution in [0.15, 0.2) is 22.8 Å². The quantitative estimate of drug-likeness (QED) is 0.597. The summed E-state index contributed by atoms with van der Waals surface area (Å²) < 4.78 is 5.35. The SMILES string of the molecule is CN1CCC(NC2CC(C)(C)C3CC(C)(O)CCC23CCC(=O)NCc2ccco2)CC1. The van der Waals surface area contributed by atoms with E-state index < -0.39 is 5.60 Å². The first-order valence-electron chi connectivity index (χ1n) is 12.6. The van der Waals surface area contributed by atoms with Crippen molar-refractivity contribution >= 4 is 5.91 Å². The zero-order valence-corrected chi connectivity index (χ0v) is 20.5. The van der Waals surface area contributed by atoms with E-state index in [2.05, 4.69) is 36.4 Å². The molecule has 4 rings (SSSR count). The number of carbonyl (C=O) groups excluding carboxylic acids is 1. The first-order valence-corrected chi connectivity index (χ1v) is 12.6. The second kappa shape index (κ2) is 9.11. The molecule has 32 heavy (non-hydrogen) atoms. The van der Waals surface area contributed by atoms with Crippen molar-refractivity contribution in [3.05, 3.63) is 24.2 Å². The third-order valence-corrected chi connectivity index (χ3v) is 8.85. The summed E-state index contributed by atoms with van der Waals surface area (Å²) in [6.07, 6.45) is 9.19. The van der Waals surface area contributed by atoms with Gasteiger partial charge in [0.25, 0.3) is 0 Å². The van der Waals surface area contributed by atoms with Crippen LogP contribution in [0.25, 0.3) is 0 Å². The molecule has 0 spiro atoms. The average Bonchev–Trinajstić information content (AvgIpc) is 3.32. The van der Waals surface area contributed by atoms with Crippen LogP contribution in [-0.4, -0.2) is 53.7 Å². The zero-order chi connectivity index (χ0) is 23.0. The Bertz CT molecular complexity index is 767. The van der Waals surface area contributed by atoms with E-state index in [0.717, 1.165) is 51.0 Å². The number of fused-ring (bicyclic) bond motifs is 1. The van der Waals surface area contributed by atoms with Gasteiger partial charge in [-0.25, -0.2) is 0 Å². The van der Waals surface area contributed by atoms with Gasteiger partial charge in [-0.2, -0.15) is 0 Å². The molecule has 3 aliphatic rings. The topological polar surface area (TPSA) is 77.7 Å². The van der Waals surface area contributed by atoms with Crippen molar-refractivity contribution in [2.24, 2.45) is 16.7 Å². The Hall–Kier alpha value is -1.37. The van der Waals surface area contributed by atoms with Crippen molar-refractivity contribution < 1.29 is 14.3 Å². The van der Waals surface area contributed by atoms with E-state index in [4.69, 9.17) is 4.42 Å². The smallest absolute Gasteiger partial charge is 0.220 e. The molecule has 2 heterocycles. The highest BCUT2D eigenvalue weighted by atomic mass is 16.3. The minimum absolute atomic E-state index is 0.0666. The van der Waals surface area contributed by atoms with Crippen LogP contribution in [0, 0.1) is 16.7 Å². The largest absolute Gasteiger partial charge is 0.467 e. The Kier molecular flexibility index (Phi) is 6.77. The molecule has 6 nitrogen and oxygen atoms in total. The molecular weight excluding hydrogens is 402 g/mol. The van der Waals surface area contributed by atoms with Crippen molar-refractivity contribution in [3.8, 4) is 0 Å². The highest BCUT2D eigenvalue weighted by Gasteiger charge is 2.61. The Labute approximate surface area is 193 Å². The maximum atomic E-state index is 12.8. The summed E-state index contributed by atoms with van der Waals surface area (Å²) in [7, 11) is 2.21. The third-order valence-electron chi connectivity index (χ3n) is 8.85. The second-order valence-corrected chi connectivity index (χ2v) is 11.8. The Morgan fingerprint density at radius 1 is 1.22 bits per heavy atom. The van der Waals surface area contributed by atoms with Crippen molar-refractivity contribution in [2.45, 2.75) is 96.4 Å². The van der Waals surface area contributed by atoms with Crippen molar-refractivity contribution in [2.75, 3.05) is 20.1 Å². The number of nitrogens with one attached hydrogen (secondary N) is 2. The lowest BCUT2D eigenvalue weighted by atomic mass is 9.57. The summed E-state index contributed by atoms with van der Waals surface area (Å²) in [5.74, 6) is 1.29. The van der Waals surface area contributed by atoms with Crippen LogP contribution in [-0.2, 0) is 11.3 Å². The van der Waals surface area contributed by atoms with E-state index in [9.17, 15) is 9.90 Å². The van der Waals surface area contributed by atoms with Gasteiger partial charge in [0.2, 0.25) is 5.91 Å². The lowest BCUT2D eigenvalue weighted by molar-refractivity contribution is -0.123. The Morgan fingerprint density at radius 2 is 1.97 bits per heavy atom. The molecule has 1 aliphatic heterocycles. The summed E-state index contributed by atoms with van der Waals surface area (Å²) in [5, 5.41) is 18.1. The average molecular weight is 446 g/mol. The first kappa shape index (κ1) is 23.8. The number of nitrogens with zero attached hydrogens (tertiary/aromatic N) is 1. The number of furan rings is 1. The second-order valence-electron chi connectivity index (χ2n) is 11.8. The monoisotopic (exact) mass is 445 g/mol. The van der Waals surface area contributed by atoms with Gasteiger partial charge >= 0.3 is 0 Å². The lowest BCUT2D eigenvalue weighted by Crippen LogP contribution is -2.54. The number of amides is 1. The lowest BCUT2D eigenvalue weighted by Gasteiger charge is -2.51. The maximum Gasteiger partial charge on any atom is 0.220 e. The highest BCUT2D eigenvalue weighted by Crippen LogP contribution is 2.64. The summed E-state index contributed by atoms with van der Waals surface area (Å²) in [6, 6.07) is 4.70. The normalized spacial score (nSPS) is 35.5. The number of piperidine rings is 1. The van der Waals surface area contributed by atoms with Crippen molar-refractivity contribution in [3.63, 3.8) is 0 Å². The highest BCUT2D eigenvalue weighted by molar-refractivity contribution is 5.75. The van der Waals surface area contributed by atoms with E-state index in [1.165, 1.54) is 12.8 Å². The van der Waals surface area contributed by atoms with Gasteiger partial charge in [-0.15, -0.1) is 0 Å². The van der Waals surface area contributed by atoms with Gasteiger partial charge < -0.3 is 25.1 Å². The molecule has 0 aromatic carbocycles. The zero-order valence-electron chi connectivity index (χ0n) is 20.5.